The van der Waals surface area contributed by atoms with E-state index < -0.39 is 5.97 Å². The van der Waals surface area contributed by atoms with Crippen molar-refractivity contribution in [2.75, 3.05) is 0 Å². The van der Waals surface area contributed by atoms with E-state index in [0.29, 0.717) is 6.42 Å². The number of carbonyl (C=O) groups is 1. The minimum atomic E-state index is -0.971. The fraction of sp³-hybridized carbons (Fsp3) is 0.474. The Labute approximate surface area is 138 Å². The quantitative estimate of drug-likeness (QED) is 0.498. The molecule has 0 aliphatic rings. The number of unbranched alkanes of at least 4 members (excludes halogenated alkanes) is 2. The van der Waals surface area contributed by atoms with Crippen LogP contribution in [-0.2, 0) is 24.3 Å². The van der Waals surface area contributed by atoms with Gasteiger partial charge in [0.15, 0.2) is 0 Å². The molecule has 0 aliphatic carbocycles. The van der Waals surface area contributed by atoms with E-state index >= 15 is 0 Å². The zero-order valence-electron chi connectivity index (χ0n) is 13.9. The number of aryl methyl sites for hydroxylation is 1. The van der Waals surface area contributed by atoms with Crippen LogP contribution in [0.1, 0.15) is 50.4 Å². The minimum absolute atomic E-state index is 0.116. The van der Waals surface area contributed by atoms with Gasteiger partial charge in [0.1, 0.15) is 18.9 Å². The number of hydrogen-bond donors (Lipinski definition) is 0. The zero-order chi connectivity index (χ0) is 16.5. The van der Waals surface area contributed by atoms with E-state index in [9.17, 15) is 9.90 Å². The van der Waals surface area contributed by atoms with Crippen LogP contribution in [0.4, 0.5) is 0 Å². The van der Waals surface area contributed by atoms with Gasteiger partial charge in [-0.15, -0.1) is 0 Å². The summed E-state index contributed by atoms with van der Waals surface area (Å²) in [5.74, 6) is 0.308. The van der Waals surface area contributed by atoms with Crippen molar-refractivity contribution in [1.82, 2.24) is 4.57 Å². The van der Waals surface area contributed by atoms with Gasteiger partial charge in [0.2, 0.25) is 0 Å². The first-order valence-electron chi connectivity index (χ1n) is 8.52. The average Bonchev–Trinajstić information content (AvgIpc) is 2.91. The predicted molar refractivity (Wildman–Crippen MR) is 87.6 cm³/mol. The van der Waals surface area contributed by atoms with E-state index in [1.807, 2.05) is 6.07 Å². The second kappa shape index (κ2) is 9.13. The summed E-state index contributed by atoms with van der Waals surface area (Å²) >= 11 is 0. The second-order valence-corrected chi connectivity index (χ2v) is 5.95. The maximum atomic E-state index is 10.6. The molecule has 0 saturated heterocycles. The average molecular weight is 314 g/mol. The number of aliphatic carboxylic acids is 1. The van der Waals surface area contributed by atoms with Crippen molar-refractivity contribution in [3.8, 4) is 0 Å². The molecule has 0 spiro atoms. The molecule has 0 atom stereocenters. The van der Waals surface area contributed by atoms with E-state index in [4.69, 9.17) is 0 Å². The molecule has 1 heterocycles. The number of benzene rings is 1. The van der Waals surface area contributed by atoms with Gasteiger partial charge in [0.05, 0.1) is 6.54 Å². The van der Waals surface area contributed by atoms with Gasteiger partial charge < -0.3 is 9.90 Å². The Morgan fingerprint density at radius 1 is 1.17 bits per heavy atom. The highest BCUT2D eigenvalue weighted by molar-refractivity contribution is 5.64. The summed E-state index contributed by atoms with van der Waals surface area (Å²) in [4.78, 5) is 10.6. The highest BCUT2D eigenvalue weighted by Crippen LogP contribution is 2.07. The van der Waals surface area contributed by atoms with Crippen molar-refractivity contribution in [3.63, 3.8) is 0 Å². The van der Waals surface area contributed by atoms with Crippen LogP contribution in [0.5, 0.6) is 0 Å². The number of carboxylic acid groups (broad SMARTS) is 1. The first-order valence-corrected chi connectivity index (χ1v) is 8.52. The van der Waals surface area contributed by atoms with Gasteiger partial charge in [-0.05, 0) is 24.8 Å². The van der Waals surface area contributed by atoms with Gasteiger partial charge in [-0.3, -0.25) is 0 Å². The molecular formula is C19H26N2O2. The van der Waals surface area contributed by atoms with Gasteiger partial charge >= 0.3 is 0 Å². The van der Waals surface area contributed by atoms with E-state index in [1.165, 1.54) is 24.2 Å². The highest BCUT2D eigenvalue weighted by atomic mass is 16.4. The Hall–Kier alpha value is -2.10. The fourth-order valence-corrected chi connectivity index (χ4v) is 2.84. The van der Waals surface area contributed by atoms with Gasteiger partial charge in [-0.1, -0.05) is 50.1 Å². The molecule has 0 amide bonds. The maximum Gasteiger partial charge on any atom is 0.256 e. The monoisotopic (exact) mass is 314 g/mol. The number of imidazole rings is 1. The van der Waals surface area contributed by atoms with Crippen LogP contribution in [0.15, 0.2) is 42.7 Å². The van der Waals surface area contributed by atoms with Crippen molar-refractivity contribution in [2.24, 2.45) is 0 Å². The Morgan fingerprint density at radius 2 is 1.96 bits per heavy atom. The molecular weight excluding hydrogens is 288 g/mol. The molecule has 1 aromatic heterocycles. The van der Waals surface area contributed by atoms with Crippen LogP contribution >= 0.6 is 0 Å². The van der Waals surface area contributed by atoms with Crippen LogP contribution in [0.25, 0.3) is 0 Å². The van der Waals surface area contributed by atoms with Crippen molar-refractivity contribution in [1.29, 1.82) is 0 Å². The first-order chi connectivity index (χ1) is 11.2. The van der Waals surface area contributed by atoms with Crippen LogP contribution < -0.4 is 9.67 Å². The summed E-state index contributed by atoms with van der Waals surface area (Å²) < 4.78 is 4.48. The van der Waals surface area contributed by atoms with E-state index in [0.717, 1.165) is 25.9 Å². The third-order valence-electron chi connectivity index (χ3n) is 4.07. The number of carboxylic acids is 1. The third-order valence-corrected chi connectivity index (χ3v) is 4.07. The van der Waals surface area contributed by atoms with E-state index in [1.54, 1.807) is 0 Å². The molecule has 2 rings (SSSR count). The Kier molecular flexibility index (Phi) is 6.85. The first kappa shape index (κ1) is 17.3. The van der Waals surface area contributed by atoms with Crippen LogP contribution in [0, 0.1) is 0 Å². The summed E-state index contributed by atoms with van der Waals surface area (Å²) in [6.45, 7) is 3.80. The lowest BCUT2D eigenvalue weighted by atomic mass is 10.2. The molecule has 0 unspecified atom stereocenters. The normalized spacial score (nSPS) is 10.8. The summed E-state index contributed by atoms with van der Waals surface area (Å²) in [6.07, 6.45) is 9.51. The number of rotatable bonds is 10. The molecule has 0 bridgehead atoms. The molecule has 124 valence electrons. The standard InChI is InChI=1S/C19H26N2O2/c1-2-3-5-11-18-20(13-8-12-19(22)23)14-15-21(18)16-17-9-6-4-7-10-17/h4,6-7,9-10,14-15H,2-3,5,8,11-13,16H2,1H3. The van der Waals surface area contributed by atoms with Crippen molar-refractivity contribution in [3.05, 3.63) is 54.1 Å². The van der Waals surface area contributed by atoms with Crippen molar-refractivity contribution >= 4 is 5.97 Å². The summed E-state index contributed by atoms with van der Waals surface area (Å²) in [5, 5.41) is 10.6. The highest BCUT2D eigenvalue weighted by Gasteiger charge is 2.16. The minimum Gasteiger partial charge on any atom is -0.550 e. The molecule has 23 heavy (non-hydrogen) atoms. The van der Waals surface area contributed by atoms with Crippen LogP contribution in [0.3, 0.4) is 0 Å². The Balaban J connectivity index is 2.09. The van der Waals surface area contributed by atoms with Gasteiger partial charge in [0.25, 0.3) is 5.82 Å². The molecule has 0 fully saturated rings. The van der Waals surface area contributed by atoms with E-state index in [2.05, 4.69) is 52.7 Å². The summed E-state index contributed by atoms with van der Waals surface area (Å²) in [7, 11) is 0. The summed E-state index contributed by atoms with van der Waals surface area (Å²) in [5.41, 5.74) is 1.28. The summed E-state index contributed by atoms with van der Waals surface area (Å²) in [6, 6.07) is 10.4. The molecule has 0 aliphatic heterocycles. The van der Waals surface area contributed by atoms with Gasteiger partial charge in [-0.2, -0.15) is 0 Å². The van der Waals surface area contributed by atoms with Crippen molar-refractivity contribution in [2.45, 2.75) is 58.5 Å². The van der Waals surface area contributed by atoms with Crippen LogP contribution in [0.2, 0.25) is 0 Å². The lowest BCUT2D eigenvalue weighted by molar-refractivity contribution is -0.695. The smallest absolute Gasteiger partial charge is 0.256 e. The third kappa shape index (κ3) is 5.55. The van der Waals surface area contributed by atoms with Crippen molar-refractivity contribution < 1.29 is 14.5 Å². The molecule has 4 heteroatoms. The number of aromatic nitrogens is 2. The number of carbonyl (C=O) groups excluding carboxylic acids is 1. The SMILES string of the molecule is CCCCCc1n(CCCC(=O)[O-])cc[n+]1Cc1ccccc1. The topological polar surface area (TPSA) is 48.9 Å². The van der Waals surface area contributed by atoms with Gasteiger partial charge in [0, 0.05) is 12.4 Å². The maximum absolute atomic E-state index is 10.6. The molecule has 0 saturated carbocycles. The molecule has 4 nitrogen and oxygen atoms in total. The molecule has 2 aromatic rings. The molecule has 0 N–H and O–H groups in total. The number of nitrogens with zero attached hydrogens (tertiary/aromatic N) is 2. The van der Waals surface area contributed by atoms with E-state index in [-0.39, 0.29) is 6.42 Å². The zero-order valence-corrected chi connectivity index (χ0v) is 13.9. The lowest BCUT2D eigenvalue weighted by Gasteiger charge is -2.06. The largest absolute Gasteiger partial charge is 0.550 e. The second-order valence-electron chi connectivity index (χ2n) is 5.95. The molecule has 0 radical (unpaired) electrons. The molecule has 1 aromatic carbocycles. The van der Waals surface area contributed by atoms with Gasteiger partial charge in [-0.25, -0.2) is 9.13 Å². The lowest BCUT2D eigenvalue weighted by Crippen LogP contribution is -2.38. The Bertz CT molecular complexity index is 605. The Morgan fingerprint density at radius 3 is 2.65 bits per heavy atom. The fourth-order valence-electron chi connectivity index (χ4n) is 2.84. The van der Waals surface area contributed by atoms with Crippen LogP contribution in [-0.4, -0.2) is 10.5 Å². The number of hydrogen-bond acceptors (Lipinski definition) is 2. The predicted octanol–water partition coefficient (Wildman–Crippen LogP) is 2.09.